The average molecular weight is 294 g/mol. The van der Waals surface area contributed by atoms with Gasteiger partial charge in [-0.2, -0.15) is 10.4 Å². The first kappa shape index (κ1) is 13.7. The molecule has 1 N–H and O–H groups in total. The quantitative estimate of drug-likeness (QED) is 0.798. The fourth-order valence-electron chi connectivity index (χ4n) is 1.95. The Kier molecular flexibility index (Phi) is 3.74. The smallest absolute Gasteiger partial charge is 0.182 e. The van der Waals surface area contributed by atoms with E-state index in [0.29, 0.717) is 18.1 Å². The molecule has 3 aromatic rings. The second-order valence-corrected chi connectivity index (χ2v) is 4.49. The minimum atomic E-state index is -0.314. The van der Waals surface area contributed by atoms with E-state index in [1.54, 1.807) is 29.2 Å². The van der Waals surface area contributed by atoms with Crippen molar-refractivity contribution in [2.75, 3.05) is 5.32 Å². The van der Waals surface area contributed by atoms with Crippen LogP contribution in [-0.4, -0.2) is 19.7 Å². The molecule has 3 rings (SSSR count). The van der Waals surface area contributed by atoms with E-state index in [4.69, 9.17) is 5.26 Å². The van der Waals surface area contributed by atoms with E-state index in [1.165, 1.54) is 24.5 Å². The second-order valence-electron chi connectivity index (χ2n) is 4.49. The molecule has 0 spiro atoms. The molecule has 108 valence electrons. The van der Waals surface area contributed by atoms with Crippen LogP contribution < -0.4 is 5.32 Å². The number of hydrogen-bond donors (Lipinski definition) is 1. The molecule has 22 heavy (non-hydrogen) atoms. The van der Waals surface area contributed by atoms with Crippen LogP contribution in [0.4, 0.5) is 10.2 Å². The van der Waals surface area contributed by atoms with Gasteiger partial charge in [0.1, 0.15) is 11.9 Å². The van der Waals surface area contributed by atoms with E-state index < -0.39 is 0 Å². The first-order chi connectivity index (χ1) is 10.8. The van der Waals surface area contributed by atoms with E-state index in [1.807, 2.05) is 6.07 Å². The lowest BCUT2D eigenvalue weighted by molar-refractivity contribution is 0.625. The summed E-state index contributed by atoms with van der Waals surface area (Å²) in [6.45, 7) is 0.433. The van der Waals surface area contributed by atoms with Gasteiger partial charge in [0.25, 0.3) is 0 Å². The molecule has 0 atom stereocenters. The zero-order valence-corrected chi connectivity index (χ0v) is 11.4. The van der Waals surface area contributed by atoms with Crippen LogP contribution in [0.25, 0.3) is 5.69 Å². The van der Waals surface area contributed by atoms with Gasteiger partial charge in [0.15, 0.2) is 11.5 Å². The minimum Gasteiger partial charge on any atom is -0.363 e. The zero-order chi connectivity index (χ0) is 15.4. The van der Waals surface area contributed by atoms with Crippen LogP contribution in [0.5, 0.6) is 0 Å². The molecule has 0 aliphatic heterocycles. The summed E-state index contributed by atoms with van der Waals surface area (Å²) in [4.78, 5) is 7.99. The summed E-state index contributed by atoms with van der Waals surface area (Å²) in [5.41, 5.74) is 1.75. The lowest BCUT2D eigenvalue weighted by Gasteiger charge is -2.04. The molecule has 0 amide bonds. The second kappa shape index (κ2) is 6.01. The molecular formula is C15H11FN6. The number of halogens is 1. The van der Waals surface area contributed by atoms with Crippen LogP contribution in [0.2, 0.25) is 0 Å². The normalized spacial score (nSPS) is 10.2. The molecule has 2 aromatic heterocycles. The number of aromatic nitrogens is 4. The average Bonchev–Trinajstić information content (AvgIpc) is 3.02. The summed E-state index contributed by atoms with van der Waals surface area (Å²) in [5.74, 6) is 0.106. The first-order valence-corrected chi connectivity index (χ1v) is 6.51. The third kappa shape index (κ3) is 2.91. The molecule has 2 heterocycles. The largest absolute Gasteiger partial charge is 0.363 e. The Hall–Kier alpha value is -3.27. The Morgan fingerprint density at radius 3 is 2.95 bits per heavy atom. The molecule has 0 fully saturated rings. The predicted octanol–water partition coefficient (Wildman–Crippen LogP) is 2.29. The van der Waals surface area contributed by atoms with Crippen molar-refractivity contribution in [3.63, 3.8) is 0 Å². The van der Waals surface area contributed by atoms with Crippen molar-refractivity contribution in [2.24, 2.45) is 0 Å². The van der Waals surface area contributed by atoms with Crippen LogP contribution in [0.1, 0.15) is 11.3 Å². The van der Waals surface area contributed by atoms with E-state index in [9.17, 15) is 4.39 Å². The number of hydrogen-bond acceptors (Lipinski definition) is 5. The van der Waals surface area contributed by atoms with Gasteiger partial charge in [-0.15, -0.1) is 0 Å². The molecular weight excluding hydrogens is 283 g/mol. The van der Waals surface area contributed by atoms with Gasteiger partial charge in [-0.1, -0.05) is 6.07 Å². The number of nitrogens with one attached hydrogen (secondary N) is 1. The molecule has 6 nitrogen and oxygen atoms in total. The Labute approximate surface area is 125 Å². The third-order valence-corrected chi connectivity index (χ3v) is 2.97. The standard InChI is InChI=1S/C15H11FN6/c16-12-2-1-3-13(6-12)22-10-11(9-21-22)8-20-15-14(7-17)18-4-5-19-15/h1-6,9-10H,8H2,(H,19,20). The number of benzene rings is 1. The van der Waals surface area contributed by atoms with Gasteiger partial charge in [0, 0.05) is 30.7 Å². The summed E-state index contributed by atoms with van der Waals surface area (Å²) >= 11 is 0. The van der Waals surface area contributed by atoms with Gasteiger partial charge in [0.05, 0.1) is 11.9 Å². The van der Waals surface area contributed by atoms with Gasteiger partial charge < -0.3 is 5.32 Å². The van der Waals surface area contributed by atoms with Crippen molar-refractivity contribution in [1.82, 2.24) is 19.7 Å². The van der Waals surface area contributed by atoms with Gasteiger partial charge in [-0.3, -0.25) is 0 Å². The van der Waals surface area contributed by atoms with E-state index >= 15 is 0 Å². The van der Waals surface area contributed by atoms with Gasteiger partial charge in [-0.05, 0) is 18.2 Å². The monoisotopic (exact) mass is 294 g/mol. The van der Waals surface area contributed by atoms with Crippen molar-refractivity contribution in [3.8, 4) is 11.8 Å². The summed E-state index contributed by atoms with van der Waals surface area (Å²) in [6, 6.07) is 8.15. The van der Waals surface area contributed by atoms with E-state index in [-0.39, 0.29) is 11.5 Å². The van der Waals surface area contributed by atoms with Crippen molar-refractivity contribution >= 4 is 5.82 Å². The number of nitrogens with zero attached hydrogens (tertiary/aromatic N) is 5. The van der Waals surface area contributed by atoms with Crippen LogP contribution >= 0.6 is 0 Å². The third-order valence-electron chi connectivity index (χ3n) is 2.97. The van der Waals surface area contributed by atoms with Crippen LogP contribution in [-0.2, 0) is 6.54 Å². The summed E-state index contributed by atoms with van der Waals surface area (Å²) in [5, 5.41) is 16.2. The van der Waals surface area contributed by atoms with Gasteiger partial charge in [0.2, 0.25) is 0 Å². The maximum atomic E-state index is 13.2. The summed E-state index contributed by atoms with van der Waals surface area (Å²) in [6.07, 6.45) is 6.43. The highest BCUT2D eigenvalue weighted by Crippen LogP contribution is 2.12. The first-order valence-electron chi connectivity index (χ1n) is 6.51. The van der Waals surface area contributed by atoms with Crippen molar-refractivity contribution in [1.29, 1.82) is 5.26 Å². The summed E-state index contributed by atoms with van der Waals surface area (Å²) in [7, 11) is 0. The Morgan fingerprint density at radius 2 is 2.14 bits per heavy atom. The highest BCUT2D eigenvalue weighted by molar-refractivity contribution is 5.47. The van der Waals surface area contributed by atoms with Crippen molar-refractivity contribution in [2.45, 2.75) is 6.54 Å². The Morgan fingerprint density at radius 1 is 1.27 bits per heavy atom. The maximum absolute atomic E-state index is 13.2. The lowest BCUT2D eigenvalue weighted by atomic mass is 10.3. The van der Waals surface area contributed by atoms with Crippen LogP contribution in [0.3, 0.4) is 0 Å². The van der Waals surface area contributed by atoms with E-state index in [0.717, 1.165) is 5.56 Å². The topological polar surface area (TPSA) is 79.4 Å². The SMILES string of the molecule is N#Cc1nccnc1NCc1cnn(-c2cccc(F)c2)c1. The fourth-order valence-corrected chi connectivity index (χ4v) is 1.95. The Balaban J connectivity index is 1.74. The number of rotatable bonds is 4. The van der Waals surface area contributed by atoms with Gasteiger partial charge in [-0.25, -0.2) is 19.0 Å². The highest BCUT2D eigenvalue weighted by Gasteiger charge is 2.05. The fraction of sp³-hybridized carbons (Fsp3) is 0.0667. The molecule has 0 saturated heterocycles. The lowest BCUT2D eigenvalue weighted by Crippen LogP contribution is -2.03. The molecule has 0 saturated carbocycles. The van der Waals surface area contributed by atoms with Crippen LogP contribution in [0.15, 0.2) is 49.1 Å². The predicted molar refractivity (Wildman–Crippen MR) is 77.6 cm³/mol. The number of nitriles is 1. The summed E-state index contributed by atoms with van der Waals surface area (Å²) < 4.78 is 14.8. The van der Waals surface area contributed by atoms with Crippen molar-refractivity contribution in [3.05, 3.63) is 66.1 Å². The maximum Gasteiger partial charge on any atom is 0.182 e. The Bertz CT molecular complexity index is 836. The molecule has 0 bridgehead atoms. The van der Waals surface area contributed by atoms with Gasteiger partial charge >= 0.3 is 0 Å². The van der Waals surface area contributed by atoms with E-state index in [2.05, 4.69) is 20.4 Å². The minimum absolute atomic E-state index is 0.236. The molecule has 0 unspecified atom stereocenters. The zero-order valence-electron chi connectivity index (χ0n) is 11.4. The molecule has 0 radical (unpaired) electrons. The number of anilines is 1. The molecule has 0 aliphatic carbocycles. The highest BCUT2D eigenvalue weighted by atomic mass is 19.1. The van der Waals surface area contributed by atoms with Crippen molar-refractivity contribution < 1.29 is 4.39 Å². The molecule has 7 heteroatoms. The van der Waals surface area contributed by atoms with Crippen LogP contribution in [0, 0.1) is 17.1 Å². The molecule has 1 aromatic carbocycles. The molecule has 0 aliphatic rings.